The summed E-state index contributed by atoms with van der Waals surface area (Å²) in [5.74, 6) is 0. The van der Waals surface area contributed by atoms with Gasteiger partial charge in [-0.25, -0.2) is 17.8 Å². The average molecular weight is 500 g/mol. The molecular weight excluding hydrogens is 495 g/mol. The van der Waals surface area contributed by atoms with E-state index in [1.165, 1.54) is 6.07 Å². The third-order valence-corrected chi connectivity index (χ3v) is 4.07. The fraction of sp³-hybridized carbons (Fsp3) is 0.444. The van der Waals surface area contributed by atoms with Crippen LogP contribution in [-0.2, 0) is 14.8 Å². The van der Waals surface area contributed by atoms with Crippen LogP contribution in [-0.4, -0.2) is 29.8 Å². The number of alkyl halides is 9. The van der Waals surface area contributed by atoms with Gasteiger partial charge in [0.1, 0.15) is 0 Å². The second kappa shape index (κ2) is 6.40. The number of rotatable bonds is 7. The summed E-state index contributed by atoms with van der Waals surface area (Å²) in [6.07, 6.45) is -11.1. The molecule has 138 valence electrons. The lowest BCUT2D eigenvalue weighted by Gasteiger charge is -2.32. The monoisotopic (exact) mass is 500 g/mol. The van der Waals surface area contributed by atoms with Crippen molar-refractivity contribution in [3.63, 3.8) is 0 Å². The number of hydrogen-bond acceptors (Lipinski definition) is 3. The molecule has 1 heterocycles. The smallest absolute Gasteiger partial charge is 0.317 e. The number of pyridine rings is 1. The predicted octanol–water partition coefficient (Wildman–Crippen LogP) is 3.26. The molecule has 0 radical (unpaired) electrons. The fourth-order valence-electron chi connectivity index (χ4n) is 1.05. The second-order valence-electron chi connectivity index (χ2n) is 3.96. The van der Waals surface area contributed by atoms with Crippen molar-refractivity contribution in [1.82, 2.24) is 0 Å². The third kappa shape index (κ3) is 4.16. The van der Waals surface area contributed by atoms with E-state index in [1.54, 1.807) is 0 Å². The van der Waals surface area contributed by atoms with E-state index in [0.717, 1.165) is 24.5 Å². The maximum absolute atomic E-state index is 13.4. The molecule has 5 nitrogen and oxygen atoms in total. The second-order valence-corrected chi connectivity index (χ2v) is 6.94. The van der Waals surface area contributed by atoms with Crippen LogP contribution in [0, 0.1) is 0 Å². The van der Waals surface area contributed by atoms with Gasteiger partial charge in [0.2, 0.25) is 10.0 Å². The Morgan fingerprint density at radius 3 is 1.75 bits per heavy atom. The molecule has 1 aromatic rings. The van der Waals surface area contributed by atoms with Gasteiger partial charge in [0.25, 0.3) is 0 Å². The first kappa shape index (κ1) is 21.1. The van der Waals surface area contributed by atoms with Gasteiger partial charge in [0, 0.05) is 34.7 Å². The van der Waals surface area contributed by atoms with Crippen molar-refractivity contribution in [1.29, 1.82) is 0 Å². The van der Waals surface area contributed by atoms with E-state index in [9.17, 15) is 43.5 Å². The van der Waals surface area contributed by atoms with Gasteiger partial charge in [-0.1, -0.05) is 6.07 Å². The highest BCUT2D eigenvalue weighted by molar-refractivity contribution is 14.1. The van der Waals surface area contributed by atoms with Crippen LogP contribution in [0.2, 0.25) is 0 Å². The lowest BCUT2D eigenvalue weighted by Crippen LogP contribution is -2.55. The van der Waals surface area contributed by atoms with Crippen LogP contribution < -0.4 is 4.68 Å². The Morgan fingerprint density at radius 1 is 0.875 bits per heavy atom. The summed E-state index contributed by atoms with van der Waals surface area (Å²) in [5, 5.41) is -6.37. The van der Waals surface area contributed by atoms with Crippen molar-refractivity contribution in [3.05, 3.63) is 35.4 Å². The Morgan fingerprint density at radius 2 is 1.33 bits per heavy atom. The summed E-state index contributed by atoms with van der Waals surface area (Å²) in [6, 6.07) is 3.45. The third-order valence-electron chi connectivity index (χ3n) is 2.15. The predicted molar refractivity (Wildman–Crippen MR) is 69.2 cm³/mol. The van der Waals surface area contributed by atoms with Crippen LogP contribution in [0.3, 0.4) is 0 Å². The van der Waals surface area contributed by atoms with E-state index in [1.807, 2.05) is 0 Å². The Kier molecular flexibility index (Phi) is 5.62. The van der Waals surface area contributed by atoms with Gasteiger partial charge in [-0.3, -0.25) is 0 Å². The first-order valence-electron chi connectivity index (χ1n) is 5.38. The van der Waals surface area contributed by atoms with Crippen LogP contribution in [0.25, 0.3) is 4.83 Å². The summed E-state index contributed by atoms with van der Waals surface area (Å²) < 4.78 is 123. The van der Waals surface area contributed by atoms with Crippen LogP contribution >= 0.6 is 22.6 Å². The molecule has 0 aliphatic rings. The van der Waals surface area contributed by atoms with Gasteiger partial charge in [-0.05, 0) is 0 Å². The van der Waals surface area contributed by atoms with Gasteiger partial charge < -0.3 is 4.83 Å². The minimum Gasteiger partial charge on any atom is -0.317 e. The summed E-state index contributed by atoms with van der Waals surface area (Å²) in [7, 11) is -6.49. The highest BCUT2D eigenvalue weighted by Gasteiger charge is 2.72. The van der Waals surface area contributed by atoms with Crippen LogP contribution in [0.4, 0.5) is 35.1 Å². The highest BCUT2D eigenvalue weighted by Crippen LogP contribution is 2.49. The molecule has 0 aliphatic heterocycles. The first-order chi connectivity index (χ1) is 10.5. The van der Waals surface area contributed by atoms with Crippen LogP contribution in [0.1, 0.15) is 0 Å². The Balaban J connectivity index is 3.16. The largest absolute Gasteiger partial charge is 0.438 e. The number of aromatic nitrogens is 1. The number of hydrogen-bond donors (Lipinski definition) is 0. The molecule has 0 saturated heterocycles. The number of sulfonamides is 1. The van der Waals surface area contributed by atoms with Crippen molar-refractivity contribution in [2.45, 2.75) is 21.4 Å². The molecule has 0 saturated carbocycles. The molecule has 0 amide bonds. The van der Waals surface area contributed by atoms with Gasteiger partial charge >= 0.3 is 21.4 Å². The number of halogens is 9. The Labute approximate surface area is 142 Å². The molecular formula is C9H5F8IN2O3S. The van der Waals surface area contributed by atoms with Crippen molar-refractivity contribution in [3.8, 4) is 0 Å². The molecule has 1 aromatic heterocycles. The summed E-state index contributed by atoms with van der Waals surface area (Å²) in [5.41, 5.74) is 0. The molecule has 0 aromatic carbocycles. The zero-order valence-electron chi connectivity index (χ0n) is 10.8. The lowest BCUT2D eigenvalue weighted by atomic mass is 10.5. The molecule has 0 spiro atoms. The molecule has 15 heteroatoms. The molecule has 0 unspecified atom stereocenters. The van der Waals surface area contributed by atoms with Gasteiger partial charge in [-0.15, -0.1) is 0 Å². The summed E-state index contributed by atoms with van der Waals surface area (Å²) >= 11 is -0.336. The highest BCUT2D eigenvalue weighted by atomic mass is 127. The van der Waals surface area contributed by atoms with Crippen LogP contribution in [0.15, 0.2) is 30.6 Å². The Hall–Kier alpha value is -0.970. The standard InChI is InChI=1S/C9H5F8IN2O3S/c10-6(11,18)7(12,13)23-8(14,15)9(16,17)24(21,22)19-20-4-2-1-3-5-20/h1-5H. The zero-order valence-corrected chi connectivity index (χ0v) is 13.8. The molecule has 0 bridgehead atoms. The first-order valence-corrected chi connectivity index (χ1v) is 7.90. The molecule has 24 heavy (non-hydrogen) atoms. The van der Waals surface area contributed by atoms with E-state index in [2.05, 4.69) is 9.57 Å². The van der Waals surface area contributed by atoms with Gasteiger partial charge in [-0.2, -0.15) is 35.1 Å². The minimum atomic E-state index is -6.51. The molecule has 0 fully saturated rings. The van der Waals surface area contributed by atoms with Crippen molar-refractivity contribution < 1.29 is 53.0 Å². The normalized spacial score (nSPS) is 14.5. The number of ether oxygens (including phenoxy) is 1. The zero-order chi connectivity index (χ0) is 19.0. The molecule has 0 N–H and O–H groups in total. The quantitative estimate of drug-likeness (QED) is 0.250. The fourth-order valence-corrected chi connectivity index (χ4v) is 1.96. The SMILES string of the molecule is O=S(=O)([N-][n+]1ccccc1)C(F)(F)C(F)(F)OC(F)(F)C(F)(F)I. The van der Waals surface area contributed by atoms with Crippen molar-refractivity contribution in [2.75, 3.05) is 0 Å². The minimum absolute atomic E-state index is 0.157. The maximum atomic E-state index is 13.4. The molecule has 0 atom stereocenters. The van der Waals surface area contributed by atoms with Gasteiger partial charge in [0.15, 0.2) is 12.4 Å². The van der Waals surface area contributed by atoms with Crippen LogP contribution in [0.5, 0.6) is 0 Å². The molecule has 1 rings (SSSR count). The lowest BCUT2D eigenvalue weighted by molar-refractivity contribution is -0.614. The Bertz CT molecular complexity index is 680. The van der Waals surface area contributed by atoms with E-state index in [4.69, 9.17) is 0 Å². The maximum Gasteiger partial charge on any atom is 0.438 e. The van der Waals surface area contributed by atoms with E-state index in [-0.39, 0.29) is 27.3 Å². The topological polar surface area (TPSA) is 61.4 Å². The van der Waals surface area contributed by atoms with Gasteiger partial charge in [0.05, 0.1) is 0 Å². The number of nitrogens with zero attached hydrogens (tertiary/aromatic N) is 2. The summed E-state index contributed by atoms with van der Waals surface area (Å²) in [6.45, 7) is 0. The summed E-state index contributed by atoms with van der Waals surface area (Å²) in [4.78, 5) is 2.27. The van der Waals surface area contributed by atoms with E-state index < -0.39 is 31.4 Å². The van der Waals surface area contributed by atoms with Crippen molar-refractivity contribution >= 4 is 32.6 Å². The molecule has 0 aliphatic carbocycles. The van der Waals surface area contributed by atoms with E-state index >= 15 is 0 Å². The van der Waals surface area contributed by atoms with E-state index in [0.29, 0.717) is 0 Å². The van der Waals surface area contributed by atoms with Crippen molar-refractivity contribution in [2.24, 2.45) is 0 Å². The average Bonchev–Trinajstić information content (AvgIpc) is 2.36.